The summed E-state index contributed by atoms with van der Waals surface area (Å²) in [7, 11) is 0. The molecule has 0 N–H and O–H groups in total. The number of fused-ring (bicyclic) bond motifs is 14. The van der Waals surface area contributed by atoms with Gasteiger partial charge in [-0.15, -0.1) is 22.7 Å². The SMILES string of the molecule is CC1(C)c2cc(-c3ccccc3)ccc2N2c3ccc(-c4ccccc4)cc3C(C)(C)c3cc(-c4ccc(-c5cc6c7c(c5)C(C)(C)c5cc(-c8cccc9c8sc8ccccc89)ccc5N7c5ccc(-c7cccc8c7sc7ccccc78)cc5C6(C)C)cc4)cc1c32. The van der Waals surface area contributed by atoms with Gasteiger partial charge >= 0.3 is 0 Å². The zero-order valence-corrected chi connectivity index (χ0v) is 55.7. The molecule has 4 aliphatic heterocycles. The van der Waals surface area contributed by atoms with Gasteiger partial charge < -0.3 is 9.80 Å². The van der Waals surface area contributed by atoms with Gasteiger partial charge in [-0.3, -0.25) is 0 Å². The van der Waals surface area contributed by atoms with E-state index in [4.69, 9.17) is 0 Å². The summed E-state index contributed by atoms with van der Waals surface area (Å²) in [5.74, 6) is 0. The van der Waals surface area contributed by atoms with Crippen LogP contribution in [0.15, 0.2) is 267 Å². The molecule has 13 aromatic carbocycles. The Balaban J connectivity index is 0.777. The lowest BCUT2D eigenvalue weighted by Gasteiger charge is -2.50. The van der Waals surface area contributed by atoms with Crippen LogP contribution in [0.5, 0.6) is 0 Å². The van der Waals surface area contributed by atoms with E-state index in [1.807, 2.05) is 22.7 Å². The van der Waals surface area contributed by atoms with E-state index in [0.29, 0.717) is 0 Å². The minimum Gasteiger partial charge on any atom is -0.309 e. The Bertz CT molecular complexity index is 5410. The monoisotopic (exact) mass is 1240 g/mol. The van der Waals surface area contributed by atoms with E-state index in [-0.39, 0.29) is 21.7 Å². The van der Waals surface area contributed by atoms with Crippen molar-refractivity contribution in [2.24, 2.45) is 0 Å². The molecular formula is C90H68N2S2. The molecule has 0 saturated heterocycles. The quantitative estimate of drug-likeness (QED) is 0.164. The maximum absolute atomic E-state index is 2.64. The van der Waals surface area contributed by atoms with Gasteiger partial charge in [-0.25, -0.2) is 0 Å². The Hall–Kier alpha value is -10.1. The molecule has 4 aliphatic rings. The van der Waals surface area contributed by atoms with Gasteiger partial charge in [0.15, 0.2) is 0 Å². The van der Waals surface area contributed by atoms with Crippen LogP contribution in [0.25, 0.3) is 107 Å². The van der Waals surface area contributed by atoms with Crippen molar-refractivity contribution < 1.29 is 0 Å². The van der Waals surface area contributed by atoms with E-state index in [0.717, 1.165) is 0 Å². The van der Waals surface area contributed by atoms with E-state index in [9.17, 15) is 0 Å². The van der Waals surface area contributed by atoms with Crippen molar-refractivity contribution in [3.8, 4) is 66.8 Å². The molecule has 15 aromatic rings. The normalized spacial score (nSPS) is 15.5. The van der Waals surface area contributed by atoms with Gasteiger partial charge in [0.1, 0.15) is 0 Å². The minimum atomic E-state index is -0.362. The van der Waals surface area contributed by atoms with Crippen molar-refractivity contribution in [2.45, 2.75) is 77.0 Å². The third-order valence-corrected chi connectivity index (χ3v) is 24.6. The second-order valence-corrected chi connectivity index (χ2v) is 30.9. The second-order valence-electron chi connectivity index (χ2n) is 28.8. The van der Waals surface area contributed by atoms with Crippen LogP contribution in [0.4, 0.5) is 34.1 Å². The van der Waals surface area contributed by atoms with Gasteiger partial charge in [-0.05, 0) is 196 Å². The summed E-state index contributed by atoms with van der Waals surface area (Å²) in [6.45, 7) is 19.7. The molecule has 0 bridgehead atoms. The molecule has 0 unspecified atom stereocenters. The third-order valence-electron chi connectivity index (χ3n) is 22.2. The second kappa shape index (κ2) is 19.7. The number of anilines is 6. The van der Waals surface area contributed by atoms with Crippen molar-refractivity contribution in [2.75, 3.05) is 9.80 Å². The maximum atomic E-state index is 2.64. The van der Waals surface area contributed by atoms with Crippen LogP contribution in [-0.4, -0.2) is 0 Å². The maximum Gasteiger partial charge on any atom is 0.0544 e. The lowest BCUT2D eigenvalue weighted by Crippen LogP contribution is -2.38. The number of thiophene rings is 2. The summed E-state index contributed by atoms with van der Waals surface area (Å²) in [5, 5.41) is 5.29. The zero-order chi connectivity index (χ0) is 63.3. The molecule has 0 atom stereocenters. The number of hydrogen-bond acceptors (Lipinski definition) is 4. The molecule has 2 nitrogen and oxygen atoms in total. The van der Waals surface area contributed by atoms with Crippen LogP contribution in [-0.2, 0) is 21.7 Å². The largest absolute Gasteiger partial charge is 0.309 e. The van der Waals surface area contributed by atoms with Crippen LogP contribution in [0, 0.1) is 0 Å². The Morgan fingerprint density at radius 3 is 0.862 bits per heavy atom. The first-order valence-electron chi connectivity index (χ1n) is 33.2. The first-order chi connectivity index (χ1) is 45.6. The number of hydrogen-bond donors (Lipinski definition) is 0. The highest BCUT2D eigenvalue weighted by Gasteiger charge is 2.48. The van der Waals surface area contributed by atoms with Crippen molar-refractivity contribution in [1.82, 2.24) is 0 Å². The zero-order valence-electron chi connectivity index (χ0n) is 54.1. The highest BCUT2D eigenvalue weighted by atomic mass is 32.1. The summed E-state index contributed by atoms with van der Waals surface area (Å²) in [5.41, 5.74) is 31.9. The van der Waals surface area contributed by atoms with Crippen molar-refractivity contribution in [3.05, 3.63) is 311 Å². The fourth-order valence-corrected chi connectivity index (χ4v) is 19.5. The molecule has 0 spiro atoms. The molecule has 6 heterocycles. The molecule has 19 rings (SSSR count). The Kier molecular flexibility index (Phi) is 11.7. The predicted octanol–water partition coefficient (Wildman–Crippen LogP) is 25.9. The summed E-state index contributed by atoms with van der Waals surface area (Å²) < 4.78 is 5.33. The summed E-state index contributed by atoms with van der Waals surface area (Å²) in [6, 6.07) is 102. The minimum absolute atomic E-state index is 0.317. The number of benzene rings is 13. The average Bonchev–Trinajstić information content (AvgIpc) is 0.961. The first-order valence-corrected chi connectivity index (χ1v) is 34.8. The van der Waals surface area contributed by atoms with Gasteiger partial charge in [-0.2, -0.15) is 0 Å². The van der Waals surface area contributed by atoms with Crippen LogP contribution in [0.1, 0.15) is 99.9 Å². The van der Waals surface area contributed by atoms with Crippen LogP contribution in [0.3, 0.4) is 0 Å². The average molecular weight is 1240 g/mol. The fourth-order valence-electron chi connectivity index (χ4n) is 17.0. The van der Waals surface area contributed by atoms with E-state index >= 15 is 0 Å². The number of rotatable bonds is 6. The molecule has 0 amide bonds. The molecular weight excluding hydrogens is 1170 g/mol. The predicted molar refractivity (Wildman–Crippen MR) is 403 cm³/mol. The lowest BCUT2D eigenvalue weighted by molar-refractivity contribution is 0.597. The molecule has 4 heteroatoms. The third kappa shape index (κ3) is 7.81. The topological polar surface area (TPSA) is 6.48 Å². The molecule has 0 aliphatic carbocycles. The standard InChI is InChI=1S/C90H68N2S2/c1-87(2)69-45-57(53-21-11-9-12-22-53)37-41-77(69)91-78-42-38-58(54-23-13-10-14-24-54)46-70(78)88(3,4)74-50-61(49-73(87)83(74)91)55-33-35-56(36-34-55)62-51-75-84-76(52-62)90(7,8)72-48-60(64-28-20-30-68-66-26-16-18-32-82(66)94-86(64)68)40-44-80(72)92(84)79-43-39-59(47-71(79)89(75,5)6)63-27-19-29-67-65-25-15-17-31-81(65)93-85(63)67/h9-52H,1-8H3. The van der Waals surface area contributed by atoms with Crippen LogP contribution < -0.4 is 9.80 Å². The van der Waals surface area contributed by atoms with Crippen LogP contribution in [0.2, 0.25) is 0 Å². The van der Waals surface area contributed by atoms with Crippen molar-refractivity contribution in [3.63, 3.8) is 0 Å². The van der Waals surface area contributed by atoms with E-state index in [2.05, 4.69) is 332 Å². The summed E-state index contributed by atoms with van der Waals surface area (Å²) in [4.78, 5) is 5.24. The smallest absolute Gasteiger partial charge is 0.0544 e. The van der Waals surface area contributed by atoms with Gasteiger partial charge in [0, 0.05) is 62.0 Å². The van der Waals surface area contributed by atoms with Crippen molar-refractivity contribution >= 4 is 97.1 Å². The Labute approximate surface area is 558 Å². The first kappa shape index (κ1) is 55.5. The van der Waals surface area contributed by atoms with Gasteiger partial charge in [0.05, 0.1) is 34.1 Å². The molecule has 2 aromatic heterocycles. The van der Waals surface area contributed by atoms with E-state index < -0.39 is 0 Å². The van der Waals surface area contributed by atoms with Gasteiger partial charge in [0.2, 0.25) is 0 Å². The lowest BCUT2D eigenvalue weighted by atomic mass is 9.65. The van der Waals surface area contributed by atoms with Gasteiger partial charge in [0.25, 0.3) is 0 Å². The number of nitrogens with zero attached hydrogens (tertiary/aromatic N) is 2. The molecule has 94 heavy (non-hydrogen) atoms. The summed E-state index contributed by atoms with van der Waals surface area (Å²) >= 11 is 3.82. The molecule has 450 valence electrons. The van der Waals surface area contributed by atoms with E-state index in [1.54, 1.807) is 0 Å². The summed E-state index contributed by atoms with van der Waals surface area (Å²) in [6.07, 6.45) is 0. The Morgan fingerprint density at radius 1 is 0.223 bits per heavy atom. The highest BCUT2D eigenvalue weighted by molar-refractivity contribution is 7.26. The molecule has 0 saturated carbocycles. The highest BCUT2D eigenvalue weighted by Crippen LogP contribution is 2.64. The molecule has 0 radical (unpaired) electrons. The Morgan fingerprint density at radius 2 is 0.500 bits per heavy atom. The van der Waals surface area contributed by atoms with Crippen molar-refractivity contribution in [1.29, 1.82) is 0 Å². The fraction of sp³-hybridized carbons (Fsp3) is 0.133. The van der Waals surface area contributed by atoms with Gasteiger partial charge in [-0.1, -0.05) is 237 Å². The van der Waals surface area contributed by atoms with Crippen LogP contribution >= 0.6 is 22.7 Å². The van der Waals surface area contributed by atoms with E-state index in [1.165, 1.54) is 186 Å². The molecule has 0 fully saturated rings.